The minimum atomic E-state index is -3.95. The average Bonchev–Trinajstić information content (AvgIpc) is 3.01. The molecular formula is C38H53BrF3N3O2. The van der Waals surface area contributed by atoms with Crippen molar-refractivity contribution in [2.75, 3.05) is 6.54 Å². The molecular weight excluding hydrogens is 667 g/mol. The number of ketones is 1. The molecule has 2 N–H and O–H groups in total. The number of halogens is 4. The van der Waals surface area contributed by atoms with Crippen LogP contribution in [0.15, 0.2) is 75.9 Å². The summed E-state index contributed by atoms with van der Waals surface area (Å²) in [7, 11) is 0. The highest BCUT2D eigenvalue weighted by Gasteiger charge is 2.34. The summed E-state index contributed by atoms with van der Waals surface area (Å²) in [5.74, 6) is 0.764. The van der Waals surface area contributed by atoms with Gasteiger partial charge in [0.2, 0.25) is 0 Å². The Labute approximate surface area is 288 Å². The van der Waals surface area contributed by atoms with Crippen LogP contribution < -0.4 is 5.73 Å². The maximum absolute atomic E-state index is 13.5. The zero-order chi connectivity index (χ0) is 35.9. The summed E-state index contributed by atoms with van der Waals surface area (Å²) in [4.78, 5) is 30.9. The first kappa shape index (κ1) is 41.8. The summed E-state index contributed by atoms with van der Waals surface area (Å²) in [6.45, 7) is 19.8. The molecule has 1 unspecified atom stereocenters. The minimum absolute atomic E-state index is 0.0552. The number of alkyl halides is 3. The molecule has 1 atom stereocenters. The van der Waals surface area contributed by atoms with E-state index in [-0.39, 0.29) is 30.1 Å². The summed E-state index contributed by atoms with van der Waals surface area (Å²) < 4.78 is 34.2. The molecule has 1 saturated heterocycles. The van der Waals surface area contributed by atoms with Gasteiger partial charge in [-0.15, -0.1) is 0 Å². The zero-order valence-corrected chi connectivity index (χ0v) is 30.9. The molecule has 0 spiro atoms. The van der Waals surface area contributed by atoms with Gasteiger partial charge in [-0.05, 0) is 79.6 Å². The Balaban J connectivity index is 0.000000658. The quantitative estimate of drug-likeness (QED) is 0.262. The van der Waals surface area contributed by atoms with Gasteiger partial charge < -0.3 is 10.6 Å². The van der Waals surface area contributed by atoms with Crippen molar-refractivity contribution in [3.63, 3.8) is 0 Å². The molecule has 1 heterocycles. The number of benzene rings is 2. The summed E-state index contributed by atoms with van der Waals surface area (Å²) in [5.41, 5.74) is 13.6. The third-order valence-electron chi connectivity index (χ3n) is 7.66. The van der Waals surface area contributed by atoms with Gasteiger partial charge in [0.25, 0.3) is 5.91 Å². The molecule has 3 rings (SSSR count). The first-order valence-corrected chi connectivity index (χ1v) is 17.3. The van der Waals surface area contributed by atoms with Crippen LogP contribution in [0.2, 0.25) is 0 Å². The summed E-state index contributed by atoms with van der Waals surface area (Å²) >= 11 is 3.53. The second-order valence-electron chi connectivity index (χ2n) is 12.3. The third kappa shape index (κ3) is 13.8. The Kier molecular flexibility index (Phi) is 18.0. The lowest BCUT2D eigenvalue weighted by molar-refractivity contribution is -0.134. The number of likely N-dealkylation sites (tertiary alicyclic amines) is 1. The molecule has 9 heteroatoms. The number of nitrogens with two attached hydrogens (primary N) is 1. The number of hydrogen-bond donors (Lipinski definition) is 1. The van der Waals surface area contributed by atoms with E-state index < -0.39 is 12.6 Å². The molecule has 0 aliphatic carbocycles. The highest BCUT2D eigenvalue weighted by atomic mass is 79.9. The summed E-state index contributed by atoms with van der Waals surface area (Å²) in [5, 5.41) is 0. The molecule has 2 aromatic carbocycles. The number of amides is 1. The first-order valence-electron chi connectivity index (χ1n) is 16.5. The van der Waals surface area contributed by atoms with E-state index in [1.54, 1.807) is 0 Å². The van der Waals surface area contributed by atoms with Crippen LogP contribution in [0.3, 0.4) is 0 Å². The van der Waals surface area contributed by atoms with E-state index in [9.17, 15) is 22.8 Å². The number of carbonyl (C=O) groups excluding carboxylic acids is 2. The van der Waals surface area contributed by atoms with Gasteiger partial charge in [0.15, 0.2) is 5.78 Å². The lowest BCUT2D eigenvalue weighted by atomic mass is 9.88. The Hall–Kier alpha value is -3.20. The van der Waals surface area contributed by atoms with Crippen LogP contribution in [0.5, 0.6) is 0 Å². The van der Waals surface area contributed by atoms with Gasteiger partial charge >= 0.3 is 6.18 Å². The Morgan fingerprint density at radius 2 is 1.68 bits per heavy atom. The summed E-state index contributed by atoms with van der Waals surface area (Å²) in [6.07, 6.45) is 0.185. The van der Waals surface area contributed by atoms with Crippen molar-refractivity contribution in [2.45, 2.75) is 112 Å². The monoisotopic (exact) mass is 719 g/mol. The predicted octanol–water partition coefficient (Wildman–Crippen LogP) is 11.0. The molecule has 2 aromatic rings. The fourth-order valence-electron chi connectivity index (χ4n) is 5.00. The Bertz CT molecular complexity index is 1380. The maximum atomic E-state index is 13.5. The fourth-order valence-corrected chi connectivity index (χ4v) is 5.25. The number of aliphatic imine (C=N–C) groups is 1. The van der Waals surface area contributed by atoms with Crippen LogP contribution in [0.25, 0.3) is 0 Å². The van der Waals surface area contributed by atoms with Crippen LogP contribution in [-0.2, 0) is 4.79 Å². The molecule has 0 radical (unpaired) electrons. The van der Waals surface area contributed by atoms with E-state index >= 15 is 0 Å². The summed E-state index contributed by atoms with van der Waals surface area (Å²) in [6, 6.07) is 14.2. The van der Waals surface area contributed by atoms with Crippen molar-refractivity contribution in [1.29, 1.82) is 0 Å². The van der Waals surface area contributed by atoms with E-state index in [4.69, 9.17) is 10.7 Å². The fraction of sp³-hybridized carbons (Fsp3) is 0.500. The zero-order valence-electron chi connectivity index (χ0n) is 29.3. The molecule has 1 amide bonds. The highest BCUT2D eigenvalue weighted by molar-refractivity contribution is 9.10. The van der Waals surface area contributed by atoms with Crippen molar-refractivity contribution in [3.05, 3.63) is 87.6 Å². The molecule has 0 aromatic heterocycles. The number of rotatable bonds is 9. The molecule has 1 aliphatic rings. The number of piperidine rings is 1. The molecule has 0 bridgehead atoms. The van der Waals surface area contributed by atoms with Gasteiger partial charge in [0.1, 0.15) is 0 Å². The lowest BCUT2D eigenvalue weighted by Gasteiger charge is -2.39. The maximum Gasteiger partial charge on any atom is 0.389 e. The average molecular weight is 721 g/mol. The number of allylic oxidation sites excluding steroid dienone is 2. The molecule has 1 aliphatic heterocycles. The van der Waals surface area contributed by atoms with Gasteiger partial charge in [-0.25, -0.2) is 0 Å². The van der Waals surface area contributed by atoms with Gasteiger partial charge in [0.05, 0.1) is 11.7 Å². The second-order valence-corrected chi connectivity index (χ2v) is 13.1. The van der Waals surface area contributed by atoms with Gasteiger partial charge in [-0.1, -0.05) is 89.5 Å². The predicted molar refractivity (Wildman–Crippen MR) is 193 cm³/mol. The molecule has 1 fully saturated rings. The lowest BCUT2D eigenvalue weighted by Crippen LogP contribution is -2.48. The van der Waals surface area contributed by atoms with Gasteiger partial charge in [-0.2, -0.15) is 13.2 Å². The Morgan fingerprint density at radius 3 is 2.09 bits per heavy atom. The van der Waals surface area contributed by atoms with Crippen LogP contribution in [0.4, 0.5) is 18.9 Å². The second kappa shape index (κ2) is 20.2. The van der Waals surface area contributed by atoms with E-state index in [0.29, 0.717) is 24.4 Å². The van der Waals surface area contributed by atoms with Crippen LogP contribution in [0.1, 0.15) is 114 Å². The standard InChI is InChI=1S/C28H36BrN3O.C6H10O.C4H7F3/c1-6-8-24(30)27-25(31-22-12-9-20(10-13-22)18(3)4)15-16-32(26(27)7-2)28(33)21-11-14-23(29)19(5)17-21;1-4-6(7)5(2)3;1-2-3-4(5,6)7/h9-14,17-18,26H,6-8,15-16,30H2,1-5H3;4-5H,1H2,2-3H3;2-3H2,1H3/b27-24+,31-25?;;. The topological polar surface area (TPSA) is 75.8 Å². The van der Waals surface area contributed by atoms with Gasteiger partial charge in [0, 0.05) is 52.3 Å². The van der Waals surface area contributed by atoms with Gasteiger partial charge in [-0.3, -0.25) is 14.6 Å². The largest absolute Gasteiger partial charge is 0.402 e. The van der Waals surface area contributed by atoms with E-state index in [0.717, 1.165) is 52.0 Å². The van der Waals surface area contributed by atoms with Crippen LogP contribution in [0, 0.1) is 12.8 Å². The third-order valence-corrected chi connectivity index (χ3v) is 8.54. The van der Waals surface area contributed by atoms with Crippen LogP contribution in [-0.4, -0.2) is 41.1 Å². The van der Waals surface area contributed by atoms with E-state index in [1.807, 2.05) is 43.9 Å². The molecule has 47 heavy (non-hydrogen) atoms. The van der Waals surface area contributed by atoms with E-state index in [2.05, 4.69) is 74.5 Å². The Morgan fingerprint density at radius 1 is 1.06 bits per heavy atom. The van der Waals surface area contributed by atoms with Crippen LogP contribution >= 0.6 is 15.9 Å². The molecule has 5 nitrogen and oxygen atoms in total. The number of aryl methyl sites for hydroxylation is 1. The molecule has 260 valence electrons. The number of nitrogens with zero attached hydrogens (tertiary/aromatic N) is 2. The first-order chi connectivity index (χ1) is 22.0. The van der Waals surface area contributed by atoms with Crippen molar-refractivity contribution in [3.8, 4) is 0 Å². The number of carbonyl (C=O) groups is 2. The smallest absolute Gasteiger partial charge is 0.389 e. The number of hydrogen-bond acceptors (Lipinski definition) is 4. The molecule has 0 saturated carbocycles. The van der Waals surface area contributed by atoms with E-state index in [1.165, 1.54) is 18.6 Å². The van der Waals surface area contributed by atoms with Crippen molar-refractivity contribution in [1.82, 2.24) is 4.90 Å². The van der Waals surface area contributed by atoms with Crippen molar-refractivity contribution >= 4 is 39.0 Å². The SMILES string of the molecule is C=CC(=O)C(C)C.CCC/C(N)=C1/C(=Nc2ccc(C(C)C)cc2)CCN(C(=O)c2ccc(Br)c(C)c2)C1CC.CCCC(F)(F)F. The minimum Gasteiger partial charge on any atom is -0.402 e. The van der Waals surface area contributed by atoms with Crippen molar-refractivity contribution < 1.29 is 22.8 Å². The van der Waals surface area contributed by atoms with Crippen molar-refractivity contribution in [2.24, 2.45) is 16.6 Å². The highest BCUT2D eigenvalue weighted by Crippen LogP contribution is 2.31. The normalized spacial score (nSPS) is 16.7.